The zero-order valence-electron chi connectivity index (χ0n) is 33.8. The number of hydrogen-bond acceptors (Lipinski definition) is 9. The van der Waals surface area contributed by atoms with Crippen molar-refractivity contribution in [2.24, 2.45) is 0 Å². The number of hydrogen-bond donors (Lipinski definition) is 1. The van der Waals surface area contributed by atoms with Gasteiger partial charge in [0, 0.05) is 60.8 Å². The van der Waals surface area contributed by atoms with E-state index in [0.29, 0.717) is 51.2 Å². The zero-order valence-corrected chi connectivity index (χ0v) is 41.3. The Labute approximate surface area is 400 Å². The molecule has 0 bridgehead atoms. The van der Waals surface area contributed by atoms with E-state index >= 15 is 0 Å². The number of nitrogens with zero attached hydrogens (tertiary/aromatic N) is 5. The van der Waals surface area contributed by atoms with Crippen molar-refractivity contribution >= 4 is 97.5 Å². The molecule has 0 unspecified atom stereocenters. The summed E-state index contributed by atoms with van der Waals surface area (Å²) in [5.41, 5.74) is 6.83. The number of benzene rings is 2. The van der Waals surface area contributed by atoms with Crippen LogP contribution in [0.25, 0.3) is 43.9 Å². The van der Waals surface area contributed by atoms with E-state index in [2.05, 4.69) is 39.6 Å². The predicted molar refractivity (Wildman–Crippen MR) is 232 cm³/mol. The average Bonchev–Trinajstić information content (AvgIpc) is 3.73. The van der Waals surface area contributed by atoms with Crippen LogP contribution in [0.5, 0.6) is 5.88 Å². The third kappa shape index (κ3) is 12.1. The van der Waals surface area contributed by atoms with Crippen molar-refractivity contribution < 1.29 is 77.3 Å². The summed E-state index contributed by atoms with van der Waals surface area (Å²) in [4.78, 5) is 51.6. The summed E-state index contributed by atoms with van der Waals surface area (Å²) in [6.45, 7) is 7.35. The van der Waals surface area contributed by atoms with E-state index in [1.807, 2.05) is 63.7 Å². The van der Waals surface area contributed by atoms with Crippen molar-refractivity contribution in [1.29, 1.82) is 0 Å². The van der Waals surface area contributed by atoms with Gasteiger partial charge in [0.2, 0.25) is 11.4 Å². The monoisotopic (exact) mass is 1010 g/mol. The molecule has 306 valence electrons. The zero-order chi connectivity index (χ0) is 41.7. The molecule has 0 fully saturated rings. The fraction of sp³-hybridized carbons (Fsp3) is 0.190. The Balaban J connectivity index is 0.000000231. The molecule has 0 spiro atoms. The van der Waals surface area contributed by atoms with Crippen molar-refractivity contribution in [3.8, 4) is 5.88 Å². The Kier molecular flexibility index (Phi) is 17.2. The maximum Gasteiger partial charge on any atom is 1.00 e. The molecule has 0 saturated heterocycles. The van der Waals surface area contributed by atoms with Gasteiger partial charge in [-0.3, -0.25) is 14.8 Å². The fourth-order valence-electron chi connectivity index (χ4n) is 6.15. The predicted octanol–water partition coefficient (Wildman–Crippen LogP) is 3.52. The summed E-state index contributed by atoms with van der Waals surface area (Å²) in [6, 6.07) is 22.4. The maximum atomic E-state index is 12.2. The number of rotatable bonds is 7. The van der Waals surface area contributed by atoms with Crippen LogP contribution in [0.3, 0.4) is 0 Å². The largest absolute Gasteiger partial charge is 1.00 e. The molecule has 0 radical (unpaired) electrons. The number of halogens is 4. The number of carbonyl (C=O) groups excluding carboxylic acids is 2. The topological polar surface area (TPSA) is 143 Å². The van der Waals surface area contributed by atoms with Gasteiger partial charge in [-0.25, -0.2) is 14.6 Å². The van der Waals surface area contributed by atoms with E-state index in [1.54, 1.807) is 36.9 Å². The van der Waals surface area contributed by atoms with Crippen LogP contribution in [0.1, 0.15) is 31.8 Å². The summed E-state index contributed by atoms with van der Waals surface area (Å²) < 4.78 is 18.8. The second kappa shape index (κ2) is 21.2. The number of nitrogens with one attached hydrogen (secondary N) is 1. The van der Waals surface area contributed by atoms with Crippen LogP contribution < -0.4 is 63.8 Å². The molecule has 0 aliphatic heterocycles. The number of fused-ring (bicyclic) bond motifs is 4. The van der Waals surface area contributed by atoms with Crippen molar-refractivity contribution in [3.05, 3.63) is 140 Å². The van der Waals surface area contributed by atoms with Crippen LogP contribution in [-0.2, 0) is 22.6 Å². The Morgan fingerprint density at radius 2 is 1.20 bits per heavy atom. The molecule has 1 N–H and O–H groups in total. The van der Waals surface area contributed by atoms with Gasteiger partial charge in [-0.2, -0.15) is 11.1 Å². The number of aromatic amines is 1. The van der Waals surface area contributed by atoms with Gasteiger partial charge < -0.3 is 52.3 Å². The molecule has 0 atom stereocenters. The summed E-state index contributed by atoms with van der Waals surface area (Å²) in [5, 5.41) is 3.07. The summed E-state index contributed by atoms with van der Waals surface area (Å²) in [5.74, 6) is -0.490. The van der Waals surface area contributed by atoms with E-state index in [4.69, 9.17) is 48.5 Å². The smallest absolute Gasteiger partial charge is 1.00 e. The Bertz CT molecular complexity index is 2880. The maximum absolute atomic E-state index is 12.2. The first-order chi connectivity index (χ1) is 27.6. The number of ether oxygens (including phenoxy) is 3. The molecule has 0 aliphatic carbocycles. The minimum absolute atomic E-state index is 0. The summed E-state index contributed by atoms with van der Waals surface area (Å²) >= 11 is 17.7. The molecule has 18 heteroatoms. The van der Waals surface area contributed by atoms with Gasteiger partial charge in [0.1, 0.15) is 24.0 Å². The molecule has 6 aromatic heterocycles. The van der Waals surface area contributed by atoms with E-state index in [9.17, 15) is 14.4 Å². The summed E-state index contributed by atoms with van der Waals surface area (Å²) in [6.07, 6.45) is 6.68. The van der Waals surface area contributed by atoms with E-state index in [0.717, 1.165) is 44.0 Å². The van der Waals surface area contributed by atoms with Crippen molar-refractivity contribution in [3.63, 3.8) is 0 Å². The van der Waals surface area contributed by atoms with E-state index < -0.39 is 19.3 Å². The van der Waals surface area contributed by atoms with Crippen LogP contribution in [0.2, 0.25) is 29.7 Å². The molecule has 8 rings (SSSR count). The normalized spacial score (nSPS) is 10.8. The van der Waals surface area contributed by atoms with Gasteiger partial charge in [-0.15, -0.1) is 0 Å². The SMILES string of the molecule is COC(=O)c1cn(Cc2ccc3ncc(Cl)cc3c2)c2ccc(=O)[nH]c12.COC(=O)c1cn(Cc2ccc3ncc(Cl)cc3c2)c2ccc(OC)nc12.C[Si](C)(C)Cl.[I-].[Na+]. The van der Waals surface area contributed by atoms with E-state index in [-0.39, 0.29) is 59.1 Å². The molecule has 8 aromatic rings. The Hall–Kier alpha value is -4.00. The molecule has 6 heterocycles. The minimum Gasteiger partial charge on any atom is -1.00 e. The first kappa shape index (κ1) is 48.7. The molecule has 0 saturated carbocycles. The second-order valence-corrected chi connectivity index (χ2v) is 22.5. The molecular weight excluding hydrogens is 969 g/mol. The van der Waals surface area contributed by atoms with Gasteiger partial charge >= 0.3 is 41.5 Å². The van der Waals surface area contributed by atoms with Gasteiger partial charge in [0.15, 0.2) is 0 Å². The third-order valence-corrected chi connectivity index (χ3v) is 9.02. The molecule has 0 aliphatic rings. The van der Waals surface area contributed by atoms with Crippen LogP contribution >= 0.6 is 34.3 Å². The second-order valence-electron chi connectivity index (χ2n) is 14.1. The molecule has 12 nitrogen and oxygen atoms in total. The minimum atomic E-state index is -1.14. The van der Waals surface area contributed by atoms with Crippen LogP contribution in [-0.4, -0.2) is 69.7 Å². The van der Waals surface area contributed by atoms with Crippen molar-refractivity contribution in [2.75, 3.05) is 21.3 Å². The van der Waals surface area contributed by atoms with Gasteiger partial charge in [0.05, 0.1) is 59.0 Å². The van der Waals surface area contributed by atoms with Crippen LogP contribution in [0.4, 0.5) is 0 Å². The van der Waals surface area contributed by atoms with Crippen LogP contribution in [0.15, 0.2) is 102 Å². The van der Waals surface area contributed by atoms with Crippen molar-refractivity contribution in [1.82, 2.24) is 29.1 Å². The number of H-pyrrole nitrogens is 1. The third-order valence-electron chi connectivity index (χ3n) is 8.61. The van der Waals surface area contributed by atoms with Gasteiger partial charge in [-0.1, -0.05) is 55.0 Å². The Morgan fingerprint density at radius 1 is 0.717 bits per heavy atom. The van der Waals surface area contributed by atoms with Crippen molar-refractivity contribution in [2.45, 2.75) is 32.7 Å². The number of pyridine rings is 4. The van der Waals surface area contributed by atoms with Gasteiger partial charge in [-0.05, 0) is 59.7 Å². The standard InChI is InChI=1S/C20H16ClN3O3.C19H14ClN3O3.C3H9ClSi.HI.Na/c1-26-18-6-5-17-19(23-18)15(20(25)27-2)11-24(17)10-12-3-4-16-13(7-12)8-14(21)9-22-16;1-26-19(25)14-10-23(16-4-5-17(24)22-18(14)16)9-11-2-3-15-12(6-11)7-13(20)8-21-15;1-5(2,3)4;;/h3-9,11H,10H2,1-2H3;2-8,10H,9H2,1H3,(H,22,24);1-3H3;1H;/q;;;;+1/p-1. The number of esters is 2. The molecular formula is C42H39Cl3IN6NaO6Si. The first-order valence-electron chi connectivity index (χ1n) is 17.8. The number of methoxy groups -OCH3 is 3. The average molecular weight is 1010 g/mol. The first-order valence-corrected chi connectivity index (χ1v) is 23.1. The molecule has 0 amide bonds. The number of carbonyl (C=O) groups is 2. The Morgan fingerprint density at radius 3 is 1.72 bits per heavy atom. The fourth-order valence-corrected chi connectivity index (χ4v) is 6.48. The quantitative estimate of drug-likeness (QED) is 0.110. The molecule has 2 aromatic carbocycles. The van der Waals surface area contributed by atoms with Gasteiger partial charge in [0.25, 0.3) is 0 Å². The summed E-state index contributed by atoms with van der Waals surface area (Å²) in [7, 11) is 3.07. The molecule has 60 heavy (non-hydrogen) atoms. The van der Waals surface area contributed by atoms with E-state index in [1.165, 1.54) is 27.4 Å². The van der Waals surface area contributed by atoms with Crippen LogP contribution in [0, 0.1) is 0 Å². The number of aromatic nitrogens is 6.